The Balaban J connectivity index is 2.27. The van der Waals surface area contributed by atoms with Gasteiger partial charge in [0.1, 0.15) is 10.7 Å². The third kappa shape index (κ3) is 4.55. The number of hydrogen-bond acceptors (Lipinski definition) is 5. The monoisotopic (exact) mass is 373 g/mol. The Morgan fingerprint density at radius 2 is 1.92 bits per heavy atom. The minimum Gasteiger partial charge on any atom is -0.379 e. The maximum atomic E-state index is 14.1. The van der Waals surface area contributed by atoms with Crippen LogP contribution < -0.4 is 11.1 Å². The first kappa shape index (κ1) is 19.8. The van der Waals surface area contributed by atoms with Gasteiger partial charge in [-0.05, 0) is 23.6 Å². The van der Waals surface area contributed by atoms with Gasteiger partial charge in [-0.1, -0.05) is 20.8 Å². The van der Waals surface area contributed by atoms with Gasteiger partial charge in [-0.2, -0.15) is 4.31 Å². The van der Waals surface area contributed by atoms with Crippen LogP contribution in [0.1, 0.15) is 20.8 Å². The maximum Gasteiger partial charge on any atom is 0.246 e. The van der Waals surface area contributed by atoms with Gasteiger partial charge in [0.05, 0.1) is 19.3 Å². The standard InChI is InChI=1S/C16H24FN3O4S/c1-16(2,3)14(18)15(21)19-11-4-5-12(17)13(10-11)25(22,23)20-6-8-24-9-7-20/h4-5,10,14H,6-9,18H2,1-3H3,(H,19,21)/t14-/m1/s1. The molecule has 9 heteroatoms. The van der Waals surface area contributed by atoms with Crippen molar-refractivity contribution in [3.63, 3.8) is 0 Å². The normalized spacial score (nSPS) is 18.0. The molecule has 0 spiro atoms. The van der Waals surface area contributed by atoms with Crippen LogP contribution in [0.4, 0.5) is 10.1 Å². The number of rotatable bonds is 4. The number of nitrogens with one attached hydrogen (secondary N) is 1. The molecule has 0 aromatic heterocycles. The van der Waals surface area contributed by atoms with Crippen LogP contribution in [0.2, 0.25) is 0 Å². The first-order valence-electron chi connectivity index (χ1n) is 7.97. The van der Waals surface area contributed by atoms with Crippen molar-refractivity contribution in [1.29, 1.82) is 0 Å². The number of hydrogen-bond donors (Lipinski definition) is 2. The van der Waals surface area contributed by atoms with Crippen LogP contribution in [0, 0.1) is 11.2 Å². The van der Waals surface area contributed by atoms with Crippen LogP contribution in [0.3, 0.4) is 0 Å². The van der Waals surface area contributed by atoms with Crippen LogP contribution >= 0.6 is 0 Å². The highest BCUT2D eigenvalue weighted by Gasteiger charge is 2.30. The molecule has 1 aromatic carbocycles. The number of nitrogens with zero attached hydrogens (tertiary/aromatic N) is 1. The van der Waals surface area contributed by atoms with Gasteiger partial charge in [0.25, 0.3) is 0 Å². The van der Waals surface area contributed by atoms with Crippen LogP contribution in [0.25, 0.3) is 0 Å². The summed E-state index contributed by atoms with van der Waals surface area (Å²) in [5, 5.41) is 2.55. The van der Waals surface area contributed by atoms with Gasteiger partial charge >= 0.3 is 0 Å². The number of ether oxygens (including phenoxy) is 1. The Morgan fingerprint density at radius 1 is 1.32 bits per heavy atom. The molecule has 0 radical (unpaired) electrons. The fourth-order valence-electron chi connectivity index (χ4n) is 2.32. The van der Waals surface area contributed by atoms with E-state index in [0.717, 1.165) is 12.1 Å². The molecule has 2 rings (SSSR count). The molecule has 1 saturated heterocycles. The van der Waals surface area contributed by atoms with Gasteiger partial charge in [0, 0.05) is 18.8 Å². The predicted octanol–water partition coefficient (Wildman–Crippen LogP) is 1.16. The van der Waals surface area contributed by atoms with Gasteiger partial charge in [0.15, 0.2) is 0 Å². The van der Waals surface area contributed by atoms with Gasteiger partial charge in [-0.25, -0.2) is 12.8 Å². The van der Waals surface area contributed by atoms with Crippen LogP contribution in [0.15, 0.2) is 23.1 Å². The Hall–Kier alpha value is -1.55. The molecule has 1 amide bonds. The summed E-state index contributed by atoms with van der Waals surface area (Å²) in [6.45, 7) is 6.29. The number of sulfonamides is 1. The lowest BCUT2D eigenvalue weighted by molar-refractivity contribution is -0.119. The summed E-state index contributed by atoms with van der Waals surface area (Å²) in [5.74, 6) is -1.33. The van der Waals surface area contributed by atoms with E-state index in [-0.39, 0.29) is 32.0 Å². The maximum absolute atomic E-state index is 14.1. The number of anilines is 1. The number of morpholine rings is 1. The number of carbonyl (C=O) groups excluding carboxylic acids is 1. The molecule has 25 heavy (non-hydrogen) atoms. The molecule has 7 nitrogen and oxygen atoms in total. The lowest BCUT2D eigenvalue weighted by atomic mass is 9.87. The average Bonchev–Trinajstić information content (AvgIpc) is 2.55. The molecule has 0 aliphatic carbocycles. The fourth-order valence-corrected chi connectivity index (χ4v) is 3.82. The molecule has 0 saturated carbocycles. The van der Waals surface area contributed by atoms with Gasteiger partial charge < -0.3 is 15.8 Å². The van der Waals surface area contributed by atoms with Crippen molar-refractivity contribution in [3.05, 3.63) is 24.0 Å². The van der Waals surface area contributed by atoms with Crippen molar-refractivity contribution < 1.29 is 22.3 Å². The predicted molar refractivity (Wildman–Crippen MR) is 92.0 cm³/mol. The van der Waals surface area contributed by atoms with E-state index in [1.54, 1.807) is 0 Å². The zero-order valence-corrected chi connectivity index (χ0v) is 15.4. The highest BCUT2D eigenvalue weighted by Crippen LogP contribution is 2.25. The zero-order valence-electron chi connectivity index (χ0n) is 14.6. The summed E-state index contributed by atoms with van der Waals surface area (Å²) in [5.41, 5.74) is 5.60. The summed E-state index contributed by atoms with van der Waals surface area (Å²) in [6.07, 6.45) is 0. The third-order valence-corrected chi connectivity index (χ3v) is 5.92. The molecular weight excluding hydrogens is 349 g/mol. The smallest absolute Gasteiger partial charge is 0.246 e. The Bertz CT molecular complexity index is 740. The van der Waals surface area contributed by atoms with Crippen LogP contribution in [-0.4, -0.2) is 51.0 Å². The fraction of sp³-hybridized carbons (Fsp3) is 0.562. The summed E-state index contributed by atoms with van der Waals surface area (Å²) >= 11 is 0. The van der Waals surface area contributed by atoms with E-state index >= 15 is 0 Å². The Kier molecular flexibility index (Phi) is 5.82. The number of carbonyl (C=O) groups is 1. The van der Waals surface area contributed by atoms with E-state index in [0.29, 0.717) is 0 Å². The minimum atomic E-state index is -4.00. The third-order valence-electron chi connectivity index (χ3n) is 4.00. The average molecular weight is 373 g/mol. The summed E-state index contributed by atoms with van der Waals surface area (Å²) < 4.78 is 45.7. The molecule has 1 atom stereocenters. The van der Waals surface area contributed by atoms with Crippen molar-refractivity contribution in [2.45, 2.75) is 31.7 Å². The van der Waals surface area contributed by atoms with E-state index in [1.807, 2.05) is 20.8 Å². The number of benzene rings is 1. The molecule has 1 aromatic rings. The number of halogens is 1. The number of nitrogens with two attached hydrogens (primary N) is 1. The van der Waals surface area contributed by atoms with Crippen molar-refractivity contribution >= 4 is 21.6 Å². The topological polar surface area (TPSA) is 102 Å². The first-order chi connectivity index (χ1) is 11.5. The largest absolute Gasteiger partial charge is 0.379 e. The molecule has 1 fully saturated rings. The summed E-state index contributed by atoms with van der Waals surface area (Å²) in [4.78, 5) is 11.7. The second-order valence-corrected chi connectivity index (χ2v) is 8.90. The van der Waals surface area contributed by atoms with Crippen LogP contribution in [-0.2, 0) is 19.6 Å². The second kappa shape index (κ2) is 7.36. The second-order valence-electron chi connectivity index (χ2n) is 6.99. The highest BCUT2D eigenvalue weighted by atomic mass is 32.2. The minimum absolute atomic E-state index is 0.160. The quantitative estimate of drug-likeness (QED) is 0.825. The highest BCUT2D eigenvalue weighted by molar-refractivity contribution is 7.89. The van der Waals surface area contributed by atoms with E-state index in [4.69, 9.17) is 10.5 Å². The van der Waals surface area contributed by atoms with Gasteiger partial charge in [0.2, 0.25) is 15.9 Å². The van der Waals surface area contributed by atoms with E-state index < -0.39 is 38.1 Å². The molecule has 1 heterocycles. The van der Waals surface area contributed by atoms with Crippen molar-refractivity contribution in [3.8, 4) is 0 Å². The lowest BCUT2D eigenvalue weighted by Crippen LogP contribution is -2.45. The Labute approximate surface area is 147 Å². The zero-order chi connectivity index (χ0) is 18.8. The molecule has 3 N–H and O–H groups in total. The van der Waals surface area contributed by atoms with Crippen molar-refractivity contribution in [1.82, 2.24) is 4.31 Å². The molecule has 1 aliphatic heterocycles. The van der Waals surface area contributed by atoms with E-state index in [9.17, 15) is 17.6 Å². The first-order valence-corrected chi connectivity index (χ1v) is 9.41. The van der Waals surface area contributed by atoms with E-state index in [1.165, 1.54) is 10.4 Å². The van der Waals surface area contributed by atoms with Crippen molar-refractivity contribution in [2.75, 3.05) is 31.6 Å². The molecule has 0 bridgehead atoms. The van der Waals surface area contributed by atoms with Crippen molar-refractivity contribution in [2.24, 2.45) is 11.1 Å². The molecule has 140 valence electrons. The van der Waals surface area contributed by atoms with Gasteiger partial charge in [-0.3, -0.25) is 4.79 Å². The molecule has 0 unspecified atom stereocenters. The summed E-state index contributed by atoms with van der Waals surface area (Å²) in [7, 11) is -4.00. The lowest BCUT2D eigenvalue weighted by Gasteiger charge is -2.27. The van der Waals surface area contributed by atoms with Gasteiger partial charge in [-0.15, -0.1) is 0 Å². The molecular formula is C16H24FN3O4S. The Morgan fingerprint density at radius 3 is 2.48 bits per heavy atom. The summed E-state index contributed by atoms with van der Waals surface area (Å²) in [6, 6.07) is 2.65. The molecule has 1 aliphatic rings. The van der Waals surface area contributed by atoms with E-state index in [2.05, 4.69) is 5.32 Å². The SMILES string of the molecule is CC(C)(C)[C@H](N)C(=O)Nc1ccc(F)c(S(=O)(=O)N2CCOCC2)c1. The number of amides is 1. The van der Waals surface area contributed by atoms with Crippen LogP contribution in [0.5, 0.6) is 0 Å².